The quantitative estimate of drug-likeness (QED) is 0.380. The summed E-state index contributed by atoms with van der Waals surface area (Å²) in [6.45, 7) is 0. The van der Waals surface area contributed by atoms with Crippen molar-refractivity contribution in [3.05, 3.63) is 70.5 Å². The van der Waals surface area contributed by atoms with Crippen LogP contribution >= 0.6 is 0 Å². The topological polar surface area (TPSA) is 84.3 Å². The first-order valence-electron chi connectivity index (χ1n) is 10.2. The van der Waals surface area contributed by atoms with E-state index in [2.05, 4.69) is 29.6 Å². The fourth-order valence-electron chi connectivity index (χ4n) is 3.68. The highest BCUT2D eigenvalue weighted by Gasteiger charge is 2.17. The summed E-state index contributed by atoms with van der Waals surface area (Å²) >= 11 is 0. The Hall–Kier alpha value is -2.88. The fraction of sp³-hybridized carbons (Fsp3) is 0.333. The average molecular weight is 376 g/mol. The lowest BCUT2D eigenvalue weighted by Crippen LogP contribution is -2.09. The number of rotatable bonds is 6. The van der Waals surface area contributed by atoms with Gasteiger partial charge in [0.05, 0.1) is 17.1 Å². The molecule has 0 amide bonds. The highest BCUT2D eigenvalue weighted by atomic mass is 16.3. The van der Waals surface area contributed by atoms with Gasteiger partial charge in [0.2, 0.25) is 0 Å². The van der Waals surface area contributed by atoms with Crippen molar-refractivity contribution in [2.75, 3.05) is 16.8 Å². The van der Waals surface area contributed by atoms with E-state index in [0.29, 0.717) is 17.1 Å². The van der Waals surface area contributed by atoms with Crippen molar-refractivity contribution in [2.45, 2.75) is 51.4 Å². The van der Waals surface area contributed by atoms with Gasteiger partial charge in [0.1, 0.15) is 0 Å². The van der Waals surface area contributed by atoms with Gasteiger partial charge in [-0.25, -0.2) is 0 Å². The molecule has 0 aromatic heterocycles. The average Bonchev–Trinajstić information content (AvgIpc) is 2.60. The van der Waals surface area contributed by atoms with Crippen molar-refractivity contribution in [2.24, 2.45) is 0 Å². The Balaban J connectivity index is 1.46. The number of nitrogens with one attached hydrogen (secondary N) is 1. The number of aliphatic hydroxyl groups excluding tert-OH is 1. The summed E-state index contributed by atoms with van der Waals surface area (Å²) in [5, 5.41) is 13.7. The summed E-state index contributed by atoms with van der Waals surface area (Å²) in [5.74, 6) is 0.603. The third kappa shape index (κ3) is 4.01. The maximum atomic E-state index is 10.1. The summed E-state index contributed by atoms with van der Waals surface area (Å²) in [6, 6.07) is 14.4. The van der Waals surface area contributed by atoms with Gasteiger partial charge >= 0.3 is 0 Å². The van der Waals surface area contributed by atoms with E-state index >= 15 is 0 Å². The van der Waals surface area contributed by atoms with Crippen molar-refractivity contribution < 1.29 is 5.11 Å². The zero-order valence-electron chi connectivity index (χ0n) is 16.3. The van der Waals surface area contributed by atoms with Gasteiger partial charge in [-0.15, -0.1) is 0 Å². The molecule has 2 aliphatic rings. The van der Waals surface area contributed by atoms with Gasteiger partial charge in [0.15, 0.2) is 0 Å². The Morgan fingerprint density at radius 3 is 2.11 bits per heavy atom. The summed E-state index contributed by atoms with van der Waals surface area (Å²) in [7, 11) is 0. The molecule has 0 bridgehead atoms. The number of aliphatic hydroxyl groups is 1. The normalized spacial score (nSPS) is 15.6. The molecular weight excluding hydrogens is 346 g/mol. The van der Waals surface area contributed by atoms with Crippen LogP contribution < -0.4 is 16.8 Å². The minimum Gasteiger partial charge on any atom is -0.512 e. The smallest absolute Gasteiger partial charge is 0.0917 e. The minimum absolute atomic E-state index is 0.603. The molecule has 2 aromatic rings. The van der Waals surface area contributed by atoms with Gasteiger partial charge < -0.3 is 21.9 Å². The standard InChI is InChI=1S/C24H29N3O/c25-21-13-10-19(15-22(21)26)24(18-5-2-6-18)27-20-11-7-16(8-12-20)9-14-23(28)17-3-1-4-17/h7-8,10-13,15,27-28H,1-6,9,14,25-26H2. The number of nitrogens with two attached hydrogens (primary N) is 2. The Morgan fingerprint density at radius 2 is 1.54 bits per heavy atom. The van der Waals surface area contributed by atoms with Gasteiger partial charge in [-0.3, -0.25) is 0 Å². The Labute approximate surface area is 167 Å². The van der Waals surface area contributed by atoms with Crippen molar-refractivity contribution >= 4 is 22.8 Å². The minimum atomic E-state index is 0.603. The summed E-state index contributed by atoms with van der Waals surface area (Å²) < 4.78 is 0. The van der Waals surface area contributed by atoms with Gasteiger partial charge in [-0.05, 0) is 85.9 Å². The summed E-state index contributed by atoms with van der Waals surface area (Å²) in [6.07, 6.45) is 8.46. The van der Waals surface area contributed by atoms with E-state index in [1.807, 2.05) is 18.2 Å². The molecule has 146 valence electrons. The molecule has 4 rings (SSSR count). The molecular formula is C24H29N3O. The van der Waals surface area contributed by atoms with E-state index in [1.165, 1.54) is 29.6 Å². The Kier molecular flexibility index (Phi) is 5.29. The first kappa shape index (κ1) is 18.5. The van der Waals surface area contributed by atoms with Crippen LogP contribution in [0, 0.1) is 0 Å². The molecule has 0 spiro atoms. The molecule has 2 aromatic carbocycles. The van der Waals surface area contributed by atoms with Gasteiger partial charge in [0.25, 0.3) is 0 Å². The number of nitrogen functional groups attached to an aromatic ring is 2. The Bertz CT molecular complexity index is 913. The Morgan fingerprint density at radius 1 is 0.857 bits per heavy atom. The first-order chi connectivity index (χ1) is 13.6. The van der Waals surface area contributed by atoms with Crippen LogP contribution in [0.2, 0.25) is 0 Å². The highest BCUT2D eigenvalue weighted by molar-refractivity contribution is 5.82. The molecule has 2 saturated carbocycles. The largest absolute Gasteiger partial charge is 0.512 e. The number of hydrogen-bond donors (Lipinski definition) is 4. The highest BCUT2D eigenvalue weighted by Crippen LogP contribution is 2.35. The molecule has 4 heteroatoms. The number of hydrogen-bond acceptors (Lipinski definition) is 4. The van der Waals surface area contributed by atoms with Gasteiger partial charge in [-0.2, -0.15) is 0 Å². The molecule has 28 heavy (non-hydrogen) atoms. The third-order valence-electron chi connectivity index (χ3n) is 5.93. The lowest BCUT2D eigenvalue weighted by molar-refractivity contribution is 0.365. The molecule has 0 heterocycles. The van der Waals surface area contributed by atoms with Crippen molar-refractivity contribution in [1.29, 1.82) is 0 Å². The van der Waals surface area contributed by atoms with Crippen molar-refractivity contribution in [1.82, 2.24) is 0 Å². The fourth-order valence-corrected chi connectivity index (χ4v) is 3.68. The number of benzene rings is 2. The monoisotopic (exact) mass is 375 g/mol. The molecule has 0 unspecified atom stereocenters. The first-order valence-corrected chi connectivity index (χ1v) is 10.2. The van der Waals surface area contributed by atoms with Gasteiger partial charge in [-0.1, -0.05) is 18.2 Å². The second-order valence-electron chi connectivity index (χ2n) is 7.90. The predicted octanol–water partition coefficient (Wildman–Crippen LogP) is 5.79. The summed E-state index contributed by atoms with van der Waals surface area (Å²) in [5.41, 5.74) is 20.4. The zero-order valence-corrected chi connectivity index (χ0v) is 16.3. The molecule has 6 N–H and O–H groups in total. The maximum absolute atomic E-state index is 10.1. The second kappa shape index (κ2) is 8.01. The van der Waals surface area contributed by atoms with E-state index in [0.717, 1.165) is 55.5 Å². The predicted molar refractivity (Wildman–Crippen MR) is 118 cm³/mol. The third-order valence-corrected chi connectivity index (χ3v) is 5.93. The van der Waals surface area contributed by atoms with Crippen LogP contribution in [0.4, 0.5) is 17.1 Å². The lowest BCUT2D eigenvalue weighted by Gasteiger charge is -2.24. The molecule has 0 radical (unpaired) electrons. The molecule has 4 nitrogen and oxygen atoms in total. The van der Waals surface area contributed by atoms with Crippen LogP contribution in [0.5, 0.6) is 0 Å². The molecule has 0 saturated heterocycles. The van der Waals surface area contributed by atoms with Crippen LogP contribution in [-0.4, -0.2) is 5.11 Å². The second-order valence-corrected chi connectivity index (χ2v) is 7.90. The maximum Gasteiger partial charge on any atom is 0.0917 e. The van der Waals surface area contributed by atoms with Crippen molar-refractivity contribution in [3.8, 4) is 0 Å². The van der Waals surface area contributed by atoms with Crippen LogP contribution in [0.15, 0.2) is 59.4 Å². The van der Waals surface area contributed by atoms with Crippen molar-refractivity contribution in [3.63, 3.8) is 0 Å². The van der Waals surface area contributed by atoms with E-state index < -0.39 is 0 Å². The van der Waals surface area contributed by atoms with Crippen LogP contribution in [0.3, 0.4) is 0 Å². The SMILES string of the molecule is Nc1ccc(C(Nc2ccc(CCC(O)=C3CCC3)cc2)=C2CCC2)cc1N. The lowest BCUT2D eigenvalue weighted by atomic mass is 9.88. The van der Waals surface area contributed by atoms with E-state index in [-0.39, 0.29) is 0 Å². The molecule has 0 atom stereocenters. The molecule has 2 aliphatic carbocycles. The van der Waals surface area contributed by atoms with Crippen LogP contribution in [0.25, 0.3) is 5.70 Å². The molecule has 2 fully saturated rings. The van der Waals surface area contributed by atoms with Crippen LogP contribution in [-0.2, 0) is 6.42 Å². The zero-order chi connectivity index (χ0) is 19.5. The molecule has 0 aliphatic heterocycles. The van der Waals surface area contributed by atoms with E-state index in [9.17, 15) is 5.11 Å². The number of allylic oxidation sites excluding steroid dienone is 3. The number of aryl methyl sites for hydroxylation is 1. The van der Waals surface area contributed by atoms with E-state index in [1.54, 1.807) is 0 Å². The van der Waals surface area contributed by atoms with E-state index in [4.69, 9.17) is 11.5 Å². The number of anilines is 3. The summed E-state index contributed by atoms with van der Waals surface area (Å²) in [4.78, 5) is 0. The van der Waals surface area contributed by atoms with Gasteiger partial charge in [0, 0.05) is 23.4 Å². The van der Waals surface area contributed by atoms with Crippen LogP contribution in [0.1, 0.15) is 56.1 Å².